The number of benzene rings is 1. The number of hydrogen-bond acceptors (Lipinski definition) is 1. The summed E-state index contributed by atoms with van der Waals surface area (Å²) in [7, 11) is 0. The minimum absolute atomic E-state index is 0.749. The molecule has 0 bridgehead atoms. The van der Waals surface area contributed by atoms with Crippen molar-refractivity contribution >= 4 is 0 Å². The van der Waals surface area contributed by atoms with Gasteiger partial charge in [0, 0.05) is 6.61 Å². The lowest BCUT2D eigenvalue weighted by Crippen LogP contribution is -1.95. The first-order valence-electron chi connectivity index (χ1n) is 7.06. The second kappa shape index (κ2) is 9.90. The minimum Gasteiger partial charge on any atom is -0.377 e. The third-order valence-corrected chi connectivity index (χ3v) is 3.21. The maximum Gasteiger partial charge on any atom is 0.0716 e. The van der Waals surface area contributed by atoms with Gasteiger partial charge in [-0.2, -0.15) is 0 Å². The Morgan fingerprint density at radius 3 is 2.50 bits per heavy atom. The summed E-state index contributed by atoms with van der Waals surface area (Å²) in [6.07, 6.45) is 8.56. The Morgan fingerprint density at radius 1 is 1.06 bits per heavy atom. The van der Waals surface area contributed by atoms with E-state index in [4.69, 9.17) is 4.74 Å². The van der Waals surface area contributed by atoms with Gasteiger partial charge in [-0.25, -0.2) is 0 Å². The Labute approximate surface area is 112 Å². The summed E-state index contributed by atoms with van der Waals surface area (Å²) in [5, 5.41) is 0. The van der Waals surface area contributed by atoms with E-state index in [0.29, 0.717) is 0 Å². The topological polar surface area (TPSA) is 9.23 Å². The number of unbranched alkanes of at least 4 members (excludes halogenated alkanes) is 3. The van der Waals surface area contributed by atoms with Crippen LogP contribution in [0.4, 0.5) is 0 Å². The molecule has 0 fully saturated rings. The Hall–Kier alpha value is -1.08. The highest BCUT2D eigenvalue weighted by Crippen LogP contribution is 2.09. The molecule has 0 aliphatic rings. The number of hydrogen-bond donors (Lipinski definition) is 0. The smallest absolute Gasteiger partial charge is 0.0716 e. The van der Waals surface area contributed by atoms with Crippen LogP contribution >= 0.6 is 0 Å². The molecule has 0 atom stereocenters. The molecule has 0 spiro atoms. The van der Waals surface area contributed by atoms with Gasteiger partial charge in [-0.3, -0.25) is 0 Å². The van der Waals surface area contributed by atoms with E-state index < -0.39 is 0 Å². The highest BCUT2D eigenvalue weighted by molar-refractivity contribution is 5.13. The molecule has 0 aliphatic carbocycles. The zero-order chi connectivity index (χ0) is 13.1. The van der Waals surface area contributed by atoms with Crippen LogP contribution in [-0.4, -0.2) is 6.61 Å². The highest BCUT2D eigenvalue weighted by Gasteiger charge is 1.94. The molecule has 1 heteroatoms. The maximum absolute atomic E-state index is 5.66. The second-order valence-corrected chi connectivity index (χ2v) is 4.84. The summed E-state index contributed by atoms with van der Waals surface area (Å²) in [4.78, 5) is 0. The molecule has 0 radical (unpaired) electrons. The number of ether oxygens (including phenoxy) is 1. The van der Waals surface area contributed by atoms with Crippen molar-refractivity contribution in [2.75, 3.05) is 6.61 Å². The molecule has 0 heterocycles. The number of allylic oxidation sites excluding steroid dienone is 2. The van der Waals surface area contributed by atoms with Crippen LogP contribution in [0.5, 0.6) is 0 Å². The Morgan fingerprint density at radius 2 is 1.78 bits per heavy atom. The van der Waals surface area contributed by atoms with Crippen LogP contribution in [-0.2, 0) is 11.3 Å². The molecule has 0 saturated heterocycles. The normalized spacial score (nSPS) is 11.8. The van der Waals surface area contributed by atoms with Crippen molar-refractivity contribution in [2.45, 2.75) is 52.6 Å². The first-order valence-corrected chi connectivity index (χ1v) is 7.06. The molecule has 0 aliphatic heterocycles. The van der Waals surface area contributed by atoms with Gasteiger partial charge in [-0.15, -0.1) is 0 Å². The van der Waals surface area contributed by atoms with Gasteiger partial charge in [0.25, 0.3) is 0 Å². The lowest BCUT2D eigenvalue weighted by molar-refractivity contribution is 0.116. The zero-order valence-corrected chi connectivity index (χ0v) is 11.8. The highest BCUT2D eigenvalue weighted by atomic mass is 16.5. The van der Waals surface area contributed by atoms with E-state index in [1.165, 1.54) is 43.2 Å². The fraction of sp³-hybridized carbons (Fsp3) is 0.529. The molecule has 100 valence electrons. The predicted molar refractivity (Wildman–Crippen MR) is 78.6 cm³/mol. The molecule has 0 amide bonds. The Balaban J connectivity index is 1.90. The average molecular weight is 246 g/mol. The standard InChI is InChI=1S/C17H26O/c1-3-16(2)11-7-4-5-10-14-18-15-17-12-8-6-9-13-17/h3,6,8-9,12-13H,4-5,7,10-11,14-15H2,1-2H3/b16-3+. The average Bonchev–Trinajstić information content (AvgIpc) is 2.42. The van der Waals surface area contributed by atoms with E-state index in [9.17, 15) is 0 Å². The molecule has 0 aromatic heterocycles. The van der Waals surface area contributed by atoms with Gasteiger partial charge in [-0.1, -0.05) is 54.8 Å². The Bertz CT molecular complexity index is 327. The lowest BCUT2D eigenvalue weighted by Gasteiger charge is -2.04. The van der Waals surface area contributed by atoms with Crippen molar-refractivity contribution < 1.29 is 4.74 Å². The van der Waals surface area contributed by atoms with E-state index in [-0.39, 0.29) is 0 Å². The molecule has 18 heavy (non-hydrogen) atoms. The van der Waals surface area contributed by atoms with Crippen molar-refractivity contribution in [3.8, 4) is 0 Å². The van der Waals surface area contributed by atoms with Crippen LogP contribution in [0.25, 0.3) is 0 Å². The van der Waals surface area contributed by atoms with Crippen molar-refractivity contribution in [1.29, 1.82) is 0 Å². The summed E-state index contributed by atoms with van der Waals surface area (Å²) in [6.45, 7) is 5.96. The van der Waals surface area contributed by atoms with E-state index in [0.717, 1.165) is 13.2 Å². The van der Waals surface area contributed by atoms with Crippen LogP contribution < -0.4 is 0 Å². The maximum atomic E-state index is 5.66. The molecule has 0 saturated carbocycles. The monoisotopic (exact) mass is 246 g/mol. The molecule has 1 rings (SSSR count). The van der Waals surface area contributed by atoms with Crippen molar-refractivity contribution in [3.63, 3.8) is 0 Å². The SMILES string of the molecule is C/C=C(\C)CCCCCCOCc1ccccc1. The van der Waals surface area contributed by atoms with Gasteiger partial charge in [0.2, 0.25) is 0 Å². The first-order chi connectivity index (χ1) is 8.83. The summed E-state index contributed by atoms with van der Waals surface area (Å²) >= 11 is 0. The predicted octanol–water partition coefficient (Wildman–Crippen LogP) is 5.12. The van der Waals surface area contributed by atoms with Gasteiger partial charge < -0.3 is 4.74 Å². The fourth-order valence-electron chi connectivity index (χ4n) is 1.87. The van der Waals surface area contributed by atoms with Crippen LogP contribution in [0.2, 0.25) is 0 Å². The second-order valence-electron chi connectivity index (χ2n) is 4.84. The molecule has 1 aromatic carbocycles. The van der Waals surface area contributed by atoms with E-state index in [1.54, 1.807) is 0 Å². The lowest BCUT2D eigenvalue weighted by atomic mass is 10.1. The quantitative estimate of drug-likeness (QED) is 0.434. The van der Waals surface area contributed by atoms with Gasteiger partial charge in [0.1, 0.15) is 0 Å². The minimum atomic E-state index is 0.749. The fourth-order valence-corrected chi connectivity index (χ4v) is 1.87. The van der Waals surface area contributed by atoms with Crippen LogP contribution in [0, 0.1) is 0 Å². The van der Waals surface area contributed by atoms with E-state index >= 15 is 0 Å². The van der Waals surface area contributed by atoms with Crippen molar-refractivity contribution in [2.24, 2.45) is 0 Å². The van der Waals surface area contributed by atoms with E-state index in [1.807, 2.05) is 6.07 Å². The molecular formula is C17H26O. The molecular weight excluding hydrogens is 220 g/mol. The molecule has 0 unspecified atom stereocenters. The van der Waals surface area contributed by atoms with Gasteiger partial charge >= 0.3 is 0 Å². The number of rotatable bonds is 9. The molecule has 0 N–H and O–H groups in total. The summed E-state index contributed by atoms with van der Waals surface area (Å²) in [5.41, 5.74) is 2.77. The largest absolute Gasteiger partial charge is 0.377 e. The Kier molecular flexibility index (Phi) is 8.24. The summed E-state index contributed by atoms with van der Waals surface area (Å²) in [6, 6.07) is 10.4. The first kappa shape index (κ1) is 15.0. The van der Waals surface area contributed by atoms with Gasteiger partial charge in [-0.05, 0) is 38.7 Å². The van der Waals surface area contributed by atoms with Gasteiger partial charge in [0.05, 0.1) is 6.61 Å². The summed E-state index contributed by atoms with van der Waals surface area (Å²) < 4.78 is 5.66. The zero-order valence-electron chi connectivity index (χ0n) is 11.8. The molecule has 1 nitrogen and oxygen atoms in total. The molecule has 1 aromatic rings. The third-order valence-electron chi connectivity index (χ3n) is 3.21. The summed E-state index contributed by atoms with van der Waals surface area (Å²) in [5.74, 6) is 0. The van der Waals surface area contributed by atoms with Crippen LogP contribution in [0.3, 0.4) is 0 Å². The van der Waals surface area contributed by atoms with Gasteiger partial charge in [0.15, 0.2) is 0 Å². The van der Waals surface area contributed by atoms with Crippen LogP contribution in [0.1, 0.15) is 51.5 Å². The van der Waals surface area contributed by atoms with Crippen molar-refractivity contribution in [3.05, 3.63) is 47.5 Å². The van der Waals surface area contributed by atoms with Crippen LogP contribution in [0.15, 0.2) is 42.0 Å². The third kappa shape index (κ3) is 7.29. The van der Waals surface area contributed by atoms with Crippen molar-refractivity contribution in [1.82, 2.24) is 0 Å². The van der Waals surface area contributed by atoms with E-state index in [2.05, 4.69) is 44.2 Å².